The van der Waals surface area contributed by atoms with E-state index in [1.165, 1.54) is 25.1 Å². The first kappa shape index (κ1) is 11.8. The molecule has 1 aromatic heterocycles. The number of nitrogens with one attached hydrogen (secondary N) is 1. The van der Waals surface area contributed by atoms with Gasteiger partial charge in [0.15, 0.2) is 0 Å². The molecule has 5 heteroatoms. The molecular formula is C12H17N3O2. The molecule has 1 aromatic rings. The van der Waals surface area contributed by atoms with E-state index in [2.05, 4.69) is 17.2 Å². The normalized spacial score (nSPS) is 24.3. The van der Waals surface area contributed by atoms with Crippen LogP contribution in [0.3, 0.4) is 0 Å². The largest absolute Gasteiger partial charge is 0.367 e. The highest BCUT2D eigenvalue weighted by Gasteiger charge is 2.19. The number of hydrogen-bond acceptors (Lipinski definition) is 4. The van der Waals surface area contributed by atoms with E-state index in [0.717, 1.165) is 24.6 Å². The van der Waals surface area contributed by atoms with Crippen molar-refractivity contribution in [2.75, 3.05) is 5.32 Å². The van der Waals surface area contributed by atoms with Crippen LogP contribution in [0.1, 0.15) is 32.6 Å². The summed E-state index contributed by atoms with van der Waals surface area (Å²) < 4.78 is 0. The Hall–Kier alpha value is -1.65. The fraction of sp³-hybridized carbons (Fsp3) is 0.583. The van der Waals surface area contributed by atoms with Crippen LogP contribution in [-0.2, 0) is 0 Å². The van der Waals surface area contributed by atoms with Crippen LogP contribution in [0.5, 0.6) is 0 Å². The predicted molar refractivity (Wildman–Crippen MR) is 65.9 cm³/mol. The zero-order valence-electron chi connectivity index (χ0n) is 9.93. The van der Waals surface area contributed by atoms with Crippen LogP contribution >= 0.6 is 0 Å². The van der Waals surface area contributed by atoms with Crippen LogP contribution < -0.4 is 5.32 Å². The molecule has 17 heavy (non-hydrogen) atoms. The maximum atomic E-state index is 10.5. The predicted octanol–water partition coefficient (Wildman–Crippen LogP) is 2.98. The van der Waals surface area contributed by atoms with Crippen molar-refractivity contribution in [2.45, 2.75) is 38.6 Å². The summed E-state index contributed by atoms with van der Waals surface area (Å²) in [6.45, 7) is 2.26. The lowest BCUT2D eigenvalue weighted by molar-refractivity contribution is -0.385. The number of hydrogen-bond donors (Lipinski definition) is 1. The third-order valence-electron chi connectivity index (χ3n) is 3.25. The lowest BCUT2D eigenvalue weighted by Gasteiger charge is -2.27. The third-order valence-corrected chi connectivity index (χ3v) is 3.25. The van der Waals surface area contributed by atoms with Gasteiger partial charge in [-0.1, -0.05) is 19.8 Å². The Bertz CT molecular complexity index is 391. The summed E-state index contributed by atoms with van der Waals surface area (Å²) in [5, 5.41) is 13.8. The molecule has 1 fully saturated rings. The first-order valence-corrected chi connectivity index (χ1v) is 6.02. The van der Waals surface area contributed by atoms with Gasteiger partial charge in [-0.15, -0.1) is 0 Å². The van der Waals surface area contributed by atoms with Crippen molar-refractivity contribution in [3.63, 3.8) is 0 Å². The van der Waals surface area contributed by atoms with Crippen LogP contribution in [0.25, 0.3) is 0 Å². The molecule has 5 nitrogen and oxygen atoms in total. The Kier molecular flexibility index (Phi) is 3.56. The zero-order chi connectivity index (χ0) is 12.3. The fourth-order valence-corrected chi connectivity index (χ4v) is 2.35. The average Bonchev–Trinajstić information content (AvgIpc) is 2.29. The standard InChI is InChI=1S/C12H17N3O2/c1-9-3-2-4-10(7-9)14-12-6-5-11(8-13-12)15(16)17/h5-6,8-10H,2-4,7H2,1H3,(H,13,14). The van der Waals surface area contributed by atoms with Gasteiger partial charge in [0.05, 0.1) is 4.92 Å². The summed E-state index contributed by atoms with van der Waals surface area (Å²) in [5.74, 6) is 1.48. The van der Waals surface area contributed by atoms with Crippen molar-refractivity contribution in [1.29, 1.82) is 0 Å². The number of nitrogens with zero attached hydrogens (tertiary/aromatic N) is 2. The van der Waals surface area contributed by atoms with E-state index in [4.69, 9.17) is 0 Å². The van der Waals surface area contributed by atoms with Gasteiger partial charge in [-0.05, 0) is 24.8 Å². The molecule has 2 unspecified atom stereocenters. The highest BCUT2D eigenvalue weighted by molar-refractivity contribution is 5.40. The van der Waals surface area contributed by atoms with Gasteiger partial charge < -0.3 is 5.32 Å². The van der Waals surface area contributed by atoms with Gasteiger partial charge in [-0.3, -0.25) is 10.1 Å². The van der Waals surface area contributed by atoms with Crippen molar-refractivity contribution in [3.05, 3.63) is 28.4 Å². The second kappa shape index (κ2) is 5.12. The lowest BCUT2D eigenvalue weighted by atomic mass is 9.87. The first-order valence-electron chi connectivity index (χ1n) is 6.02. The molecule has 0 aliphatic heterocycles. The van der Waals surface area contributed by atoms with E-state index >= 15 is 0 Å². The summed E-state index contributed by atoms with van der Waals surface area (Å²) >= 11 is 0. The van der Waals surface area contributed by atoms with Gasteiger partial charge in [0, 0.05) is 12.1 Å². The minimum Gasteiger partial charge on any atom is -0.367 e. The van der Waals surface area contributed by atoms with Crippen LogP contribution in [0.2, 0.25) is 0 Å². The number of anilines is 1. The van der Waals surface area contributed by atoms with Gasteiger partial charge in [0.25, 0.3) is 5.69 Å². The second-order valence-electron chi connectivity index (χ2n) is 4.77. The molecule has 1 N–H and O–H groups in total. The van der Waals surface area contributed by atoms with Crippen molar-refractivity contribution >= 4 is 11.5 Å². The molecule has 1 saturated carbocycles. The molecule has 1 aliphatic rings. The fourth-order valence-electron chi connectivity index (χ4n) is 2.35. The minimum absolute atomic E-state index is 0.0348. The summed E-state index contributed by atoms with van der Waals surface area (Å²) in [4.78, 5) is 14.1. The molecule has 2 rings (SSSR count). The minimum atomic E-state index is -0.431. The van der Waals surface area contributed by atoms with Crippen LogP contribution in [-0.4, -0.2) is 15.9 Å². The Balaban J connectivity index is 1.96. The number of pyridine rings is 1. The summed E-state index contributed by atoms with van der Waals surface area (Å²) in [5.41, 5.74) is 0.0348. The smallest absolute Gasteiger partial charge is 0.287 e. The maximum absolute atomic E-state index is 10.5. The van der Waals surface area contributed by atoms with E-state index in [1.807, 2.05) is 0 Å². The van der Waals surface area contributed by atoms with Crippen LogP contribution in [0, 0.1) is 16.0 Å². The topological polar surface area (TPSA) is 68.1 Å². The van der Waals surface area contributed by atoms with E-state index in [1.54, 1.807) is 6.07 Å². The molecule has 1 heterocycles. The molecule has 1 aliphatic carbocycles. The van der Waals surface area contributed by atoms with Crippen molar-refractivity contribution in [1.82, 2.24) is 4.98 Å². The summed E-state index contributed by atoms with van der Waals surface area (Å²) in [6, 6.07) is 3.62. The molecule has 0 bridgehead atoms. The van der Waals surface area contributed by atoms with Gasteiger partial charge in [-0.25, -0.2) is 4.98 Å². The quantitative estimate of drug-likeness (QED) is 0.646. The molecule has 0 amide bonds. The SMILES string of the molecule is CC1CCCC(Nc2ccc([N+](=O)[O-])cn2)C1. The van der Waals surface area contributed by atoms with E-state index in [0.29, 0.717) is 6.04 Å². The first-order chi connectivity index (χ1) is 8.15. The third kappa shape index (κ3) is 3.15. The molecule has 0 spiro atoms. The van der Waals surface area contributed by atoms with Gasteiger partial charge in [0.1, 0.15) is 12.0 Å². The Morgan fingerprint density at radius 3 is 2.88 bits per heavy atom. The van der Waals surface area contributed by atoms with E-state index < -0.39 is 4.92 Å². The lowest BCUT2D eigenvalue weighted by Crippen LogP contribution is -2.26. The van der Waals surface area contributed by atoms with Gasteiger partial charge >= 0.3 is 0 Å². The van der Waals surface area contributed by atoms with E-state index in [-0.39, 0.29) is 5.69 Å². The Labute approximate surface area is 100 Å². The second-order valence-corrected chi connectivity index (χ2v) is 4.77. The van der Waals surface area contributed by atoms with Gasteiger partial charge in [0.2, 0.25) is 0 Å². The van der Waals surface area contributed by atoms with Crippen LogP contribution in [0.15, 0.2) is 18.3 Å². The molecule has 2 atom stereocenters. The van der Waals surface area contributed by atoms with E-state index in [9.17, 15) is 10.1 Å². The number of nitro groups is 1. The van der Waals surface area contributed by atoms with Crippen molar-refractivity contribution in [3.8, 4) is 0 Å². The molecule has 92 valence electrons. The zero-order valence-corrected chi connectivity index (χ0v) is 9.93. The molecule has 0 aromatic carbocycles. The van der Waals surface area contributed by atoms with Crippen molar-refractivity contribution in [2.24, 2.45) is 5.92 Å². The Morgan fingerprint density at radius 1 is 1.47 bits per heavy atom. The van der Waals surface area contributed by atoms with Gasteiger partial charge in [-0.2, -0.15) is 0 Å². The molecule has 0 radical (unpaired) electrons. The average molecular weight is 235 g/mol. The summed E-state index contributed by atoms with van der Waals surface area (Å²) in [6.07, 6.45) is 6.15. The number of rotatable bonds is 3. The number of aromatic nitrogens is 1. The van der Waals surface area contributed by atoms with Crippen molar-refractivity contribution < 1.29 is 4.92 Å². The molecule has 0 saturated heterocycles. The molecular weight excluding hydrogens is 218 g/mol. The summed E-state index contributed by atoms with van der Waals surface area (Å²) in [7, 11) is 0. The Morgan fingerprint density at radius 2 is 2.29 bits per heavy atom. The monoisotopic (exact) mass is 235 g/mol. The highest BCUT2D eigenvalue weighted by Crippen LogP contribution is 2.25. The highest BCUT2D eigenvalue weighted by atomic mass is 16.6. The van der Waals surface area contributed by atoms with Crippen LogP contribution in [0.4, 0.5) is 11.5 Å². The maximum Gasteiger partial charge on any atom is 0.287 e.